The van der Waals surface area contributed by atoms with Gasteiger partial charge in [-0.3, -0.25) is 14.3 Å². The van der Waals surface area contributed by atoms with E-state index in [1.54, 1.807) is 7.05 Å². The van der Waals surface area contributed by atoms with Gasteiger partial charge < -0.3 is 19.3 Å². The van der Waals surface area contributed by atoms with Gasteiger partial charge in [-0.15, -0.1) is 0 Å². The fourth-order valence-corrected chi connectivity index (χ4v) is 4.36. The summed E-state index contributed by atoms with van der Waals surface area (Å²) in [5.74, 6) is 0.802. The Labute approximate surface area is 211 Å². The summed E-state index contributed by atoms with van der Waals surface area (Å²) >= 11 is 0. The number of hydrogen-bond acceptors (Lipinski definition) is 7. The van der Waals surface area contributed by atoms with Crippen molar-refractivity contribution in [3.63, 3.8) is 0 Å². The minimum Gasteiger partial charge on any atom is -0.494 e. The third-order valence-corrected chi connectivity index (χ3v) is 6.54. The van der Waals surface area contributed by atoms with Crippen LogP contribution in [0.2, 0.25) is 0 Å². The van der Waals surface area contributed by atoms with Crippen molar-refractivity contribution in [2.45, 2.75) is 26.4 Å². The Morgan fingerprint density at radius 3 is 2.69 bits per heavy atom. The molecule has 0 N–H and O–H groups in total. The highest BCUT2D eigenvalue weighted by Gasteiger charge is 2.25. The summed E-state index contributed by atoms with van der Waals surface area (Å²) in [5, 5.41) is 0. The molecule has 1 aromatic carbocycles. The largest absolute Gasteiger partial charge is 0.494 e. The molecular weight excluding hydrogens is 461 g/mol. The van der Waals surface area contributed by atoms with Crippen LogP contribution in [0.25, 0.3) is 11.3 Å². The highest BCUT2D eigenvalue weighted by molar-refractivity contribution is 5.60. The standard InChI is InChI=1S/C27H34FN5O3/c1-4-32(5-2)13-6-15-35-21-9-7-20(8-10-21)25-19-33(14-16-36-25)27-30-24(17-26(34)31(27)3)22-11-12-29-18-23(22)28/h7-12,17-18,25H,4-6,13-16,19H2,1-3H3/t25-/m1/s1. The summed E-state index contributed by atoms with van der Waals surface area (Å²) in [7, 11) is 1.67. The SMILES string of the molecule is CCN(CC)CCCOc1ccc([C@H]2CN(c3nc(-c4ccncc4F)cc(=O)n3C)CCO2)cc1. The quantitative estimate of drug-likeness (QED) is 0.398. The van der Waals surface area contributed by atoms with Crippen molar-refractivity contribution in [1.82, 2.24) is 19.4 Å². The highest BCUT2D eigenvalue weighted by Crippen LogP contribution is 2.28. The number of halogens is 1. The first-order valence-corrected chi connectivity index (χ1v) is 12.5. The number of aromatic nitrogens is 3. The smallest absolute Gasteiger partial charge is 0.255 e. The van der Waals surface area contributed by atoms with Gasteiger partial charge in [-0.1, -0.05) is 26.0 Å². The molecule has 0 radical (unpaired) electrons. The van der Waals surface area contributed by atoms with Crippen molar-refractivity contribution in [3.05, 3.63) is 70.5 Å². The number of ether oxygens (including phenoxy) is 2. The van der Waals surface area contributed by atoms with Crippen LogP contribution in [0.1, 0.15) is 31.9 Å². The fraction of sp³-hybridized carbons (Fsp3) is 0.444. The molecule has 8 nitrogen and oxygen atoms in total. The number of anilines is 1. The summed E-state index contributed by atoms with van der Waals surface area (Å²) in [5.41, 5.74) is 1.31. The molecule has 4 rings (SSSR count). The van der Waals surface area contributed by atoms with Crippen LogP contribution in [0.5, 0.6) is 5.75 Å². The Morgan fingerprint density at radius 1 is 1.19 bits per heavy atom. The van der Waals surface area contributed by atoms with Gasteiger partial charge in [0.2, 0.25) is 5.95 Å². The average molecular weight is 496 g/mol. The molecular formula is C27H34FN5O3. The summed E-state index contributed by atoms with van der Waals surface area (Å²) in [6.07, 6.45) is 3.41. The summed E-state index contributed by atoms with van der Waals surface area (Å²) in [6.45, 7) is 9.74. The van der Waals surface area contributed by atoms with Crippen LogP contribution < -0.4 is 15.2 Å². The Kier molecular flexibility index (Phi) is 8.66. The molecule has 1 aliphatic rings. The van der Waals surface area contributed by atoms with Crippen LogP contribution >= 0.6 is 0 Å². The van der Waals surface area contributed by atoms with Crippen LogP contribution in [-0.2, 0) is 11.8 Å². The number of rotatable bonds is 10. The van der Waals surface area contributed by atoms with Gasteiger partial charge in [-0.2, -0.15) is 0 Å². The van der Waals surface area contributed by atoms with Gasteiger partial charge in [0.25, 0.3) is 5.56 Å². The second-order valence-electron chi connectivity index (χ2n) is 8.80. The van der Waals surface area contributed by atoms with Gasteiger partial charge in [-0.25, -0.2) is 9.37 Å². The van der Waals surface area contributed by atoms with Crippen LogP contribution in [0.3, 0.4) is 0 Å². The van der Waals surface area contributed by atoms with E-state index in [0.29, 0.717) is 37.9 Å². The monoisotopic (exact) mass is 495 g/mol. The predicted molar refractivity (Wildman–Crippen MR) is 138 cm³/mol. The Balaban J connectivity index is 1.43. The normalized spacial score (nSPS) is 15.9. The predicted octanol–water partition coefficient (Wildman–Crippen LogP) is 3.67. The molecule has 1 atom stereocenters. The molecule has 1 saturated heterocycles. The van der Waals surface area contributed by atoms with Gasteiger partial charge in [0.15, 0.2) is 5.82 Å². The molecule has 36 heavy (non-hydrogen) atoms. The van der Waals surface area contributed by atoms with Crippen molar-refractivity contribution >= 4 is 5.95 Å². The molecule has 0 aliphatic carbocycles. The lowest BCUT2D eigenvalue weighted by molar-refractivity contribution is 0.0389. The van der Waals surface area contributed by atoms with Crippen LogP contribution in [-0.4, -0.2) is 65.4 Å². The molecule has 1 aliphatic heterocycles. The summed E-state index contributed by atoms with van der Waals surface area (Å²) in [4.78, 5) is 25.5. The van der Waals surface area contributed by atoms with E-state index in [9.17, 15) is 9.18 Å². The topological polar surface area (TPSA) is 72.7 Å². The summed E-state index contributed by atoms with van der Waals surface area (Å²) < 4.78 is 27.7. The minimum atomic E-state index is -0.514. The van der Waals surface area contributed by atoms with Crippen molar-refractivity contribution in [1.29, 1.82) is 0 Å². The molecule has 0 bridgehead atoms. The fourth-order valence-electron chi connectivity index (χ4n) is 4.36. The van der Waals surface area contributed by atoms with Gasteiger partial charge >= 0.3 is 0 Å². The Bertz CT molecular complexity index is 1200. The van der Waals surface area contributed by atoms with Crippen LogP contribution in [0.4, 0.5) is 10.3 Å². The maximum Gasteiger partial charge on any atom is 0.255 e. The lowest BCUT2D eigenvalue weighted by atomic mass is 10.1. The van der Waals surface area contributed by atoms with E-state index < -0.39 is 5.82 Å². The minimum absolute atomic E-state index is 0.186. The second kappa shape index (κ2) is 12.1. The molecule has 3 aromatic rings. The first-order chi connectivity index (χ1) is 17.5. The lowest BCUT2D eigenvalue weighted by Gasteiger charge is -2.34. The van der Waals surface area contributed by atoms with Crippen molar-refractivity contribution in [2.24, 2.45) is 7.05 Å². The van der Waals surface area contributed by atoms with Gasteiger partial charge in [0.1, 0.15) is 11.9 Å². The van der Waals surface area contributed by atoms with E-state index in [2.05, 4.69) is 28.7 Å². The van der Waals surface area contributed by atoms with Crippen LogP contribution in [0.15, 0.2) is 53.6 Å². The molecule has 1 fully saturated rings. The highest BCUT2D eigenvalue weighted by atomic mass is 19.1. The Hall–Kier alpha value is -3.30. The zero-order valence-electron chi connectivity index (χ0n) is 21.2. The van der Waals surface area contributed by atoms with E-state index in [-0.39, 0.29) is 17.2 Å². The zero-order valence-corrected chi connectivity index (χ0v) is 21.2. The molecule has 0 unspecified atom stereocenters. The van der Waals surface area contributed by atoms with Crippen molar-refractivity contribution in [2.75, 3.05) is 50.8 Å². The summed E-state index contributed by atoms with van der Waals surface area (Å²) in [6, 6.07) is 10.8. The molecule has 0 saturated carbocycles. The molecule has 9 heteroatoms. The molecule has 0 amide bonds. The molecule has 3 heterocycles. The van der Waals surface area contributed by atoms with Crippen molar-refractivity contribution < 1.29 is 13.9 Å². The first kappa shape index (κ1) is 25.8. The maximum atomic E-state index is 14.3. The third kappa shape index (κ3) is 6.09. The van der Waals surface area contributed by atoms with Gasteiger partial charge in [-0.05, 0) is 43.3 Å². The molecule has 192 valence electrons. The molecule has 2 aromatic heterocycles. The third-order valence-electron chi connectivity index (χ3n) is 6.54. The van der Waals surface area contributed by atoms with Crippen molar-refractivity contribution in [3.8, 4) is 17.0 Å². The number of nitrogens with zero attached hydrogens (tertiary/aromatic N) is 5. The Morgan fingerprint density at radius 2 is 1.97 bits per heavy atom. The second-order valence-corrected chi connectivity index (χ2v) is 8.80. The maximum absolute atomic E-state index is 14.3. The zero-order chi connectivity index (χ0) is 25.5. The van der Waals surface area contributed by atoms with E-state index in [1.165, 1.54) is 22.9 Å². The van der Waals surface area contributed by atoms with E-state index in [4.69, 9.17) is 9.47 Å². The van der Waals surface area contributed by atoms with E-state index >= 15 is 0 Å². The van der Waals surface area contributed by atoms with E-state index in [0.717, 1.165) is 43.6 Å². The lowest BCUT2D eigenvalue weighted by Crippen LogP contribution is -2.41. The molecule has 0 spiro atoms. The number of pyridine rings is 1. The van der Waals surface area contributed by atoms with Gasteiger partial charge in [0, 0.05) is 38.0 Å². The number of benzene rings is 1. The number of morpholine rings is 1. The van der Waals surface area contributed by atoms with Crippen LogP contribution in [0, 0.1) is 5.82 Å². The van der Waals surface area contributed by atoms with Gasteiger partial charge in [0.05, 0.1) is 31.6 Å². The van der Waals surface area contributed by atoms with E-state index in [1.807, 2.05) is 29.2 Å². The number of hydrogen-bond donors (Lipinski definition) is 0. The first-order valence-electron chi connectivity index (χ1n) is 12.5. The average Bonchev–Trinajstić information content (AvgIpc) is 2.91.